The fraction of sp³-hybridized carbons (Fsp3) is 0.579. The molecule has 1 saturated carbocycles. The van der Waals surface area contributed by atoms with E-state index in [4.69, 9.17) is 10.2 Å². The molecule has 0 bridgehead atoms. The average Bonchev–Trinajstić information content (AvgIpc) is 3.22. The molecule has 1 aliphatic heterocycles. The Labute approximate surface area is 156 Å². The summed E-state index contributed by atoms with van der Waals surface area (Å²) in [5.41, 5.74) is 6.74. The van der Waals surface area contributed by atoms with E-state index in [-0.39, 0.29) is 17.7 Å². The van der Waals surface area contributed by atoms with Gasteiger partial charge in [-0.3, -0.25) is 9.59 Å². The van der Waals surface area contributed by atoms with Gasteiger partial charge in [0.2, 0.25) is 5.91 Å². The van der Waals surface area contributed by atoms with Crippen LogP contribution in [-0.4, -0.2) is 53.3 Å². The molecule has 4 rings (SSSR count). The molecule has 2 amide bonds. The molecule has 26 heavy (non-hydrogen) atoms. The summed E-state index contributed by atoms with van der Waals surface area (Å²) < 4.78 is 6.33. The predicted octanol–water partition coefficient (Wildman–Crippen LogP) is 2.69. The van der Waals surface area contributed by atoms with E-state index in [9.17, 15) is 9.59 Å². The smallest absolute Gasteiger partial charge is 0.264 e. The second kappa shape index (κ2) is 6.70. The number of carbonyl (C=O) groups excluding carboxylic acids is 2. The Balaban J connectivity index is 1.38. The van der Waals surface area contributed by atoms with Gasteiger partial charge in [0.25, 0.3) is 5.91 Å². The Morgan fingerprint density at radius 2 is 1.96 bits per heavy atom. The summed E-state index contributed by atoms with van der Waals surface area (Å²) in [5.74, 6) is 0.0907. The molecule has 2 unspecified atom stereocenters. The van der Waals surface area contributed by atoms with Crippen molar-refractivity contribution in [2.45, 2.75) is 38.1 Å². The lowest BCUT2D eigenvalue weighted by Crippen LogP contribution is -2.57. The van der Waals surface area contributed by atoms with Gasteiger partial charge in [-0.05, 0) is 25.8 Å². The topological polar surface area (TPSA) is 79.8 Å². The molecule has 2 atom stereocenters. The van der Waals surface area contributed by atoms with Crippen LogP contribution < -0.4 is 5.73 Å². The van der Waals surface area contributed by atoms with Gasteiger partial charge in [-0.1, -0.05) is 12.8 Å². The SMILES string of the molecule is CC1(N)CCCCC1C(=O)N1CCN(C(=O)c2cc3occc3s2)CC1. The van der Waals surface area contributed by atoms with E-state index < -0.39 is 5.54 Å². The van der Waals surface area contributed by atoms with Crippen LogP contribution in [0.25, 0.3) is 10.3 Å². The van der Waals surface area contributed by atoms with Gasteiger partial charge in [-0.15, -0.1) is 11.3 Å². The van der Waals surface area contributed by atoms with E-state index in [0.29, 0.717) is 31.1 Å². The van der Waals surface area contributed by atoms with Gasteiger partial charge >= 0.3 is 0 Å². The fourth-order valence-electron chi connectivity index (χ4n) is 4.14. The van der Waals surface area contributed by atoms with Gasteiger partial charge in [0, 0.05) is 37.8 Å². The number of furan rings is 1. The Morgan fingerprint density at radius 1 is 1.23 bits per heavy atom. The van der Waals surface area contributed by atoms with E-state index in [1.165, 1.54) is 11.3 Å². The van der Waals surface area contributed by atoms with Crippen LogP contribution in [0.2, 0.25) is 0 Å². The number of amides is 2. The van der Waals surface area contributed by atoms with Gasteiger partial charge in [0.1, 0.15) is 5.58 Å². The minimum absolute atomic E-state index is 0.0230. The van der Waals surface area contributed by atoms with E-state index in [1.54, 1.807) is 6.26 Å². The lowest BCUT2D eigenvalue weighted by Gasteiger charge is -2.42. The van der Waals surface area contributed by atoms with Crippen molar-refractivity contribution < 1.29 is 14.0 Å². The molecule has 1 saturated heterocycles. The monoisotopic (exact) mass is 375 g/mol. The first-order valence-electron chi connectivity index (χ1n) is 9.30. The minimum Gasteiger partial charge on any atom is -0.463 e. The maximum Gasteiger partial charge on any atom is 0.264 e. The minimum atomic E-state index is -0.409. The van der Waals surface area contributed by atoms with Crippen LogP contribution in [0.1, 0.15) is 42.3 Å². The second-order valence-electron chi connectivity index (χ2n) is 7.68. The molecule has 2 fully saturated rings. The Kier molecular flexibility index (Phi) is 4.52. The van der Waals surface area contributed by atoms with Gasteiger partial charge in [0.15, 0.2) is 0 Å². The van der Waals surface area contributed by atoms with Gasteiger partial charge < -0.3 is 20.0 Å². The third-order valence-electron chi connectivity index (χ3n) is 5.78. The molecule has 0 spiro atoms. The van der Waals surface area contributed by atoms with E-state index in [2.05, 4.69) is 0 Å². The third-order valence-corrected chi connectivity index (χ3v) is 6.85. The summed E-state index contributed by atoms with van der Waals surface area (Å²) in [5, 5.41) is 0. The fourth-order valence-corrected chi connectivity index (χ4v) is 5.09. The van der Waals surface area contributed by atoms with Crippen LogP contribution in [0.15, 0.2) is 22.8 Å². The highest BCUT2D eigenvalue weighted by molar-refractivity contribution is 7.20. The van der Waals surface area contributed by atoms with Crippen molar-refractivity contribution in [1.29, 1.82) is 0 Å². The van der Waals surface area contributed by atoms with Crippen molar-refractivity contribution in [3.8, 4) is 0 Å². The Hall–Kier alpha value is -1.86. The highest BCUT2D eigenvalue weighted by Gasteiger charge is 2.40. The number of carbonyl (C=O) groups is 2. The first kappa shape index (κ1) is 17.5. The number of hydrogen-bond acceptors (Lipinski definition) is 5. The largest absolute Gasteiger partial charge is 0.463 e. The van der Waals surface area contributed by atoms with Crippen LogP contribution in [0.3, 0.4) is 0 Å². The average molecular weight is 375 g/mol. The zero-order valence-corrected chi connectivity index (χ0v) is 15.9. The summed E-state index contributed by atoms with van der Waals surface area (Å²) in [4.78, 5) is 30.1. The van der Waals surface area contributed by atoms with Crippen LogP contribution >= 0.6 is 11.3 Å². The van der Waals surface area contributed by atoms with Crippen molar-refractivity contribution in [1.82, 2.24) is 9.80 Å². The van der Waals surface area contributed by atoms with E-state index in [0.717, 1.165) is 36.0 Å². The van der Waals surface area contributed by atoms with E-state index in [1.807, 2.05) is 28.9 Å². The maximum atomic E-state index is 12.9. The Morgan fingerprint density at radius 3 is 2.65 bits per heavy atom. The van der Waals surface area contributed by atoms with Gasteiger partial charge in [-0.2, -0.15) is 0 Å². The lowest BCUT2D eigenvalue weighted by molar-refractivity contribution is -0.140. The number of thiophene rings is 1. The number of hydrogen-bond donors (Lipinski definition) is 1. The molecule has 1 aliphatic carbocycles. The molecular formula is C19H25N3O3S. The van der Waals surface area contributed by atoms with Crippen molar-refractivity contribution >= 4 is 33.4 Å². The first-order chi connectivity index (χ1) is 12.5. The third kappa shape index (κ3) is 3.14. The molecule has 7 heteroatoms. The molecule has 2 N–H and O–H groups in total. The number of piperazine rings is 1. The number of rotatable bonds is 2. The molecule has 6 nitrogen and oxygen atoms in total. The molecule has 140 valence electrons. The van der Waals surface area contributed by atoms with E-state index >= 15 is 0 Å². The number of nitrogens with two attached hydrogens (primary N) is 1. The molecule has 2 aromatic heterocycles. The van der Waals surface area contributed by atoms with Crippen molar-refractivity contribution in [3.05, 3.63) is 23.3 Å². The summed E-state index contributed by atoms with van der Waals surface area (Å²) in [6.45, 7) is 4.30. The first-order valence-corrected chi connectivity index (χ1v) is 10.1. The number of nitrogens with zero attached hydrogens (tertiary/aromatic N) is 2. The standard InChI is InChI=1S/C19H25N3O3S/c1-19(20)6-3-2-4-13(19)17(23)21-7-9-22(10-8-21)18(24)16-12-14-15(26-16)5-11-25-14/h5,11-13H,2-4,6-10,20H2,1H3. The predicted molar refractivity (Wildman–Crippen MR) is 101 cm³/mol. The van der Waals surface area contributed by atoms with Crippen LogP contribution in [0, 0.1) is 5.92 Å². The van der Waals surface area contributed by atoms with Crippen molar-refractivity contribution in [3.63, 3.8) is 0 Å². The summed E-state index contributed by atoms with van der Waals surface area (Å²) >= 11 is 1.45. The van der Waals surface area contributed by atoms with Crippen LogP contribution in [0.4, 0.5) is 0 Å². The quantitative estimate of drug-likeness (QED) is 0.875. The van der Waals surface area contributed by atoms with Crippen LogP contribution in [-0.2, 0) is 4.79 Å². The zero-order valence-electron chi connectivity index (χ0n) is 15.1. The molecule has 0 aromatic carbocycles. The van der Waals surface area contributed by atoms with Crippen molar-refractivity contribution in [2.75, 3.05) is 26.2 Å². The molecular weight excluding hydrogens is 350 g/mol. The summed E-state index contributed by atoms with van der Waals surface area (Å²) in [6, 6.07) is 3.68. The van der Waals surface area contributed by atoms with Crippen LogP contribution in [0.5, 0.6) is 0 Å². The zero-order chi connectivity index (χ0) is 18.3. The normalized spacial score (nSPS) is 27.1. The summed E-state index contributed by atoms with van der Waals surface area (Å²) in [6.07, 6.45) is 5.58. The maximum absolute atomic E-state index is 12.9. The molecule has 2 aromatic rings. The lowest BCUT2D eigenvalue weighted by atomic mass is 9.74. The highest BCUT2D eigenvalue weighted by Crippen LogP contribution is 2.33. The Bertz CT molecular complexity index is 788. The highest BCUT2D eigenvalue weighted by atomic mass is 32.1. The molecule has 3 heterocycles. The van der Waals surface area contributed by atoms with Gasteiger partial charge in [0.05, 0.1) is 21.8 Å². The molecule has 2 aliphatic rings. The molecule has 0 radical (unpaired) electrons. The van der Waals surface area contributed by atoms with Crippen molar-refractivity contribution in [2.24, 2.45) is 11.7 Å². The number of fused-ring (bicyclic) bond motifs is 1. The summed E-state index contributed by atoms with van der Waals surface area (Å²) in [7, 11) is 0. The van der Waals surface area contributed by atoms with Gasteiger partial charge in [-0.25, -0.2) is 0 Å². The second-order valence-corrected chi connectivity index (χ2v) is 8.77.